The molecule has 1 aromatic heterocycles. The highest BCUT2D eigenvalue weighted by molar-refractivity contribution is 5.91. The lowest BCUT2D eigenvalue weighted by atomic mass is 10.1. The van der Waals surface area contributed by atoms with Crippen LogP contribution in [0.1, 0.15) is 34.9 Å². The second kappa shape index (κ2) is 7.23. The van der Waals surface area contributed by atoms with Crippen LogP contribution in [0.5, 0.6) is 5.75 Å². The summed E-state index contributed by atoms with van der Waals surface area (Å²) in [6, 6.07) is 7.91. The van der Waals surface area contributed by atoms with Gasteiger partial charge in [-0.2, -0.15) is 0 Å². The number of hydrogen-bond donors (Lipinski definition) is 2. The average Bonchev–Trinajstić information content (AvgIpc) is 3.11. The summed E-state index contributed by atoms with van der Waals surface area (Å²) in [7, 11) is 1.63. The molecular weight excluding hydrogens is 294 g/mol. The van der Waals surface area contributed by atoms with E-state index in [-0.39, 0.29) is 5.91 Å². The Morgan fingerprint density at radius 3 is 2.78 bits per heavy atom. The first-order valence-corrected chi connectivity index (χ1v) is 7.80. The normalized spacial score (nSPS) is 15.3. The molecule has 0 radical (unpaired) electrons. The van der Waals surface area contributed by atoms with Gasteiger partial charge in [-0.25, -0.2) is 4.68 Å². The number of piperidine rings is 1. The van der Waals surface area contributed by atoms with E-state index in [2.05, 4.69) is 20.9 Å². The highest BCUT2D eigenvalue weighted by atomic mass is 16.5. The predicted molar refractivity (Wildman–Crippen MR) is 85.3 cm³/mol. The second-order valence-corrected chi connectivity index (χ2v) is 5.60. The number of carbonyl (C=O) groups is 1. The number of ether oxygens (including phenoxy) is 1. The topological polar surface area (TPSA) is 81.1 Å². The number of rotatable bonds is 5. The molecule has 1 fully saturated rings. The molecule has 7 nitrogen and oxygen atoms in total. The van der Waals surface area contributed by atoms with Gasteiger partial charge < -0.3 is 15.4 Å². The number of methoxy groups -OCH3 is 1. The van der Waals surface area contributed by atoms with E-state index >= 15 is 0 Å². The standard InChI is InChI=1S/C16H21N5O2/c1-23-14-4-2-12(3-5-14)10-18-16(22)15-11-21(20-19-15)13-6-8-17-9-7-13/h2-5,11,13,17H,6-10H2,1H3,(H,18,22). The summed E-state index contributed by atoms with van der Waals surface area (Å²) >= 11 is 0. The smallest absolute Gasteiger partial charge is 0.273 e. The third-order valence-electron chi connectivity index (χ3n) is 4.04. The number of hydrogen-bond acceptors (Lipinski definition) is 5. The van der Waals surface area contributed by atoms with Crippen LogP contribution in [0.2, 0.25) is 0 Å². The molecular formula is C16H21N5O2. The van der Waals surface area contributed by atoms with Gasteiger partial charge in [-0.05, 0) is 43.6 Å². The molecule has 1 aromatic carbocycles. The van der Waals surface area contributed by atoms with Crippen molar-refractivity contribution in [3.63, 3.8) is 0 Å². The predicted octanol–water partition coefficient (Wildman–Crippen LogP) is 1.14. The Labute approximate surface area is 135 Å². The van der Waals surface area contributed by atoms with Gasteiger partial charge >= 0.3 is 0 Å². The minimum Gasteiger partial charge on any atom is -0.497 e. The van der Waals surface area contributed by atoms with Crippen molar-refractivity contribution >= 4 is 5.91 Å². The SMILES string of the molecule is COc1ccc(CNC(=O)c2cn(C3CCNCC3)nn2)cc1. The van der Waals surface area contributed by atoms with Gasteiger partial charge in [0, 0.05) is 6.54 Å². The molecule has 23 heavy (non-hydrogen) atoms. The molecule has 0 aliphatic carbocycles. The minimum absolute atomic E-state index is 0.207. The van der Waals surface area contributed by atoms with Crippen LogP contribution in [0.15, 0.2) is 30.5 Å². The van der Waals surface area contributed by atoms with Gasteiger partial charge in [0.1, 0.15) is 5.75 Å². The number of benzene rings is 1. The van der Waals surface area contributed by atoms with Gasteiger partial charge in [-0.3, -0.25) is 4.79 Å². The van der Waals surface area contributed by atoms with Crippen molar-refractivity contribution < 1.29 is 9.53 Å². The van der Waals surface area contributed by atoms with E-state index < -0.39 is 0 Å². The van der Waals surface area contributed by atoms with E-state index in [4.69, 9.17) is 4.74 Å². The molecule has 0 bridgehead atoms. The van der Waals surface area contributed by atoms with E-state index in [1.54, 1.807) is 13.3 Å². The summed E-state index contributed by atoms with van der Waals surface area (Å²) in [6.45, 7) is 2.40. The van der Waals surface area contributed by atoms with Gasteiger partial charge in [0.05, 0.1) is 19.3 Å². The Hall–Kier alpha value is -2.41. The third kappa shape index (κ3) is 3.87. The summed E-state index contributed by atoms with van der Waals surface area (Å²) < 4.78 is 6.92. The molecule has 7 heteroatoms. The van der Waals surface area contributed by atoms with Crippen LogP contribution < -0.4 is 15.4 Å². The molecule has 3 rings (SSSR count). The van der Waals surface area contributed by atoms with Gasteiger partial charge in [0.2, 0.25) is 0 Å². The molecule has 0 saturated carbocycles. The van der Waals surface area contributed by atoms with Crippen LogP contribution in [0.4, 0.5) is 0 Å². The maximum Gasteiger partial charge on any atom is 0.273 e. The fourth-order valence-corrected chi connectivity index (χ4v) is 2.65. The van der Waals surface area contributed by atoms with Gasteiger partial charge in [0.15, 0.2) is 5.69 Å². The van der Waals surface area contributed by atoms with Crippen LogP contribution in [0.3, 0.4) is 0 Å². The maximum absolute atomic E-state index is 12.2. The summed E-state index contributed by atoms with van der Waals surface area (Å²) in [5.74, 6) is 0.589. The number of aromatic nitrogens is 3. The summed E-state index contributed by atoms with van der Waals surface area (Å²) in [6.07, 6.45) is 3.76. The fourth-order valence-electron chi connectivity index (χ4n) is 2.65. The molecule has 2 heterocycles. The van der Waals surface area contributed by atoms with Crippen molar-refractivity contribution in [1.29, 1.82) is 0 Å². The zero-order chi connectivity index (χ0) is 16.1. The van der Waals surface area contributed by atoms with Crippen LogP contribution in [0, 0.1) is 0 Å². The van der Waals surface area contributed by atoms with Gasteiger partial charge in [-0.15, -0.1) is 5.10 Å². The highest BCUT2D eigenvalue weighted by Gasteiger charge is 2.18. The van der Waals surface area contributed by atoms with Crippen LogP contribution in [-0.2, 0) is 6.54 Å². The Kier molecular flexibility index (Phi) is 4.87. The number of amides is 1. The Balaban J connectivity index is 1.56. The minimum atomic E-state index is -0.207. The number of nitrogens with one attached hydrogen (secondary N) is 2. The molecule has 2 aromatic rings. The lowest BCUT2D eigenvalue weighted by molar-refractivity contribution is 0.0946. The van der Waals surface area contributed by atoms with Crippen molar-refractivity contribution in [1.82, 2.24) is 25.6 Å². The summed E-state index contributed by atoms with van der Waals surface area (Å²) in [4.78, 5) is 12.2. The first-order valence-electron chi connectivity index (χ1n) is 7.80. The van der Waals surface area contributed by atoms with E-state index in [1.807, 2.05) is 28.9 Å². The van der Waals surface area contributed by atoms with Crippen molar-refractivity contribution in [2.75, 3.05) is 20.2 Å². The average molecular weight is 315 g/mol. The van der Waals surface area contributed by atoms with Crippen LogP contribution in [0.25, 0.3) is 0 Å². The van der Waals surface area contributed by atoms with E-state index in [9.17, 15) is 4.79 Å². The molecule has 1 aliphatic heterocycles. The molecule has 1 aliphatic rings. The third-order valence-corrected chi connectivity index (χ3v) is 4.04. The molecule has 1 saturated heterocycles. The van der Waals surface area contributed by atoms with Crippen molar-refractivity contribution in [3.8, 4) is 5.75 Å². The Morgan fingerprint density at radius 2 is 2.09 bits per heavy atom. The highest BCUT2D eigenvalue weighted by Crippen LogP contribution is 2.17. The van der Waals surface area contributed by atoms with Gasteiger partial charge in [-0.1, -0.05) is 17.3 Å². The van der Waals surface area contributed by atoms with Crippen LogP contribution >= 0.6 is 0 Å². The maximum atomic E-state index is 12.2. The molecule has 0 atom stereocenters. The summed E-state index contributed by atoms with van der Waals surface area (Å²) in [5, 5.41) is 14.3. The zero-order valence-electron chi connectivity index (χ0n) is 13.2. The second-order valence-electron chi connectivity index (χ2n) is 5.60. The lowest BCUT2D eigenvalue weighted by Gasteiger charge is -2.22. The molecule has 1 amide bonds. The molecule has 122 valence electrons. The monoisotopic (exact) mass is 315 g/mol. The van der Waals surface area contributed by atoms with Crippen LogP contribution in [-0.4, -0.2) is 41.1 Å². The lowest BCUT2D eigenvalue weighted by Crippen LogP contribution is -2.29. The first-order chi connectivity index (χ1) is 11.3. The van der Waals surface area contributed by atoms with E-state index in [0.717, 1.165) is 37.2 Å². The van der Waals surface area contributed by atoms with E-state index in [0.29, 0.717) is 18.3 Å². The molecule has 0 unspecified atom stereocenters. The van der Waals surface area contributed by atoms with Crippen molar-refractivity contribution in [2.24, 2.45) is 0 Å². The summed E-state index contributed by atoms with van der Waals surface area (Å²) in [5.41, 5.74) is 1.36. The fraction of sp³-hybridized carbons (Fsp3) is 0.438. The Morgan fingerprint density at radius 1 is 1.35 bits per heavy atom. The molecule has 0 spiro atoms. The number of carbonyl (C=O) groups excluding carboxylic acids is 1. The van der Waals surface area contributed by atoms with Crippen molar-refractivity contribution in [2.45, 2.75) is 25.4 Å². The number of nitrogens with zero attached hydrogens (tertiary/aromatic N) is 3. The quantitative estimate of drug-likeness (QED) is 0.865. The zero-order valence-corrected chi connectivity index (χ0v) is 13.2. The first kappa shape index (κ1) is 15.5. The molecule has 2 N–H and O–H groups in total. The van der Waals surface area contributed by atoms with Crippen molar-refractivity contribution in [3.05, 3.63) is 41.7 Å². The van der Waals surface area contributed by atoms with Gasteiger partial charge in [0.25, 0.3) is 5.91 Å². The largest absolute Gasteiger partial charge is 0.497 e. The van der Waals surface area contributed by atoms with E-state index in [1.165, 1.54) is 0 Å². The Bertz CT molecular complexity index is 647.